The smallest absolute Gasteiger partial charge is 0.403 e. The molecule has 0 saturated heterocycles. The average molecular weight is 389 g/mol. The first-order valence-corrected chi connectivity index (χ1v) is 10.3. The zero-order valence-corrected chi connectivity index (χ0v) is 16.8. The van der Waals surface area contributed by atoms with E-state index in [1.165, 1.54) is 0 Å². The number of benzene rings is 2. The van der Waals surface area contributed by atoms with Crippen molar-refractivity contribution < 1.29 is 23.0 Å². The van der Waals surface area contributed by atoms with Crippen LogP contribution in [0.4, 0.5) is 0 Å². The van der Waals surface area contributed by atoms with Gasteiger partial charge < -0.3 is 14.0 Å². The predicted molar refractivity (Wildman–Crippen MR) is 107 cm³/mol. The molecule has 2 N–H and O–H groups in total. The second-order valence-corrected chi connectivity index (χ2v) is 8.95. The number of aromatic nitrogens is 1. The topological polar surface area (TPSA) is 71.6 Å². The molecule has 3 aromatic rings. The fourth-order valence-corrected chi connectivity index (χ4v) is 3.60. The molecule has 0 bridgehead atoms. The van der Waals surface area contributed by atoms with Crippen LogP contribution < -0.4 is 4.52 Å². The number of nitrogens with one attached hydrogen (secondary N) is 1. The lowest BCUT2D eigenvalue weighted by Gasteiger charge is -2.23. The molecule has 0 aliphatic rings. The van der Waals surface area contributed by atoms with E-state index in [1.807, 2.05) is 42.6 Å². The van der Waals surface area contributed by atoms with Crippen LogP contribution in [0.3, 0.4) is 0 Å². The van der Waals surface area contributed by atoms with Crippen LogP contribution >= 0.6 is 7.82 Å². The Morgan fingerprint density at radius 1 is 1.07 bits per heavy atom. The quantitative estimate of drug-likeness (QED) is 0.449. The fourth-order valence-electron chi connectivity index (χ4n) is 2.83. The van der Waals surface area contributed by atoms with Gasteiger partial charge in [-0.05, 0) is 23.3 Å². The van der Waals surface area contributed by atoms with E-state index in [0.29, 0.717) is 5.75 Å². The van der Waals surface area contributed by atoms with E-state index in [-0.39, 0.29) is 6.61 Å². The fraction of sp³-hybridized carbons (Fsp3) is 0.300. The Kier molecular flexibility index (Phi) is 5.72. The Labute approximate surface area is 159 Å². The molecule has 27 heavy (non-hydrogen) atoms. The zero-order valence-electron chi connectivity index (χ0n) is 15.9. The molecule has 0 radical (unpaired) electrons. The van der Waals surface area contributed by atoms with Gasteiger partial charge in [-0.25, -0.2) is 4.57 Å². The molecule has 1 unspecified atom stereocenters. The van der Waals surface area contributed by atoms with E-state index in [4.69, 9.17) is 9.05 Å². The molecule has 2 aromatic carbocycles. The van der Waals surface area contributed by atoms with Crippen molar-refractivity contribution in [2.24, 2.45) is 0 Å². The highest BCUT2D eigenvalue weighted by molar-refractivity contribution is 7.47. The molecule has 1 aromatic heterocycles. The number of nitrogens with zero attached hydrogens (tertiary/aromatic N) is 1. The number of phosphoric acid groups is 1. The van der Waals surface area contributed by atoms with Crippen LogP contribution in [0, 0.1) is 0 Å². The van der Waals surface area contributed by atoms with Gasteiger partial charge >= 0.3 is 7.82 Å². The van der Waals surface area contributed by atoms with Gasteiger partial charge in [-0.15, -0.1) is 0 Å². The SMILES string of the molecule is C[N+](C)(C)CCc1c[nH]c2cccc(OP(=O)(O)OCc3ccccc3)c12. The molecule has 3 rings (SSSR count). The Balaban J connectivity index is 1.79. The minimum atomic E-state index is -4.25. The standard InChI is InChI=1S/C20H25N2O4P/c1-22(2,3)13-12-17-14-21-18-10-7-11-19(20(17)18)26-27(23,24)25-15-16-8-5-4-6-9-16/h4-11,14,21H,12-13,15H2,1-3H3/p+1. The summed E-state index contributed by atoms with van der Waals surface area (Å²) in [6.07, 6.45) is 2.75. The van der Waals surface area contributed by atoms with Crippen molar-refractivity contribution >= 4 is 18.7 Å². The third kappa shape index (κ3) is 5.44. The molecular weight excluding hydrogens is 363 g/mol. The molecule has 0 amide bonds. The number of likely N-dealkylation sites (N-methyl/N-ethyl adjacent to an activating group) is 1. The van der Waals surface area contributed by atoms with Crippen LogP contribution in [0.25, 0.3) is 10.9 Å². The lowest BCUT2D eigenvalue weighted by Crippen LogP contribution is -2.36. The maximum Gasteiger partial charge on any atom is 0.527 e. The molecule has 144 valence electrons. The van der Waals surface area contributed by atoms with E-state index in [9.17, 15) is 9.46 Å². The van der Waals surface area contributed by atoms with E-state index in [1.54, 1.807) is 12.1 Å². The van der Waals surface area contributed by atoms with Gasteiger partial charge in [-0.3, -0.25) is 9.42 Å². The maximum atomic E-state index is 12.4. The summed E-state index contributed by atoms with van der Waals surface area (Å²) >= 11 is 0. The lowest BCUT2D eigenvalue weighted by molar-refractivity contribution is -0.870. The van der Waals surface area contributed by atoms with Gasteiger partial charge in [-0.2, -0.15) is 0 Å². The molecule has 0 saturated carbocycles. The van der Waals surface area contributed by atoms with E-state index >= 15 is 0 Å². The lowest BCUT2D eigenvalue weighted by atomic mass is 10.1. The van der Waals surface area contributed by atoms with Crippen molar-refractivity contribution in [1.82, 2.24) is 4.98 Å². The number of phosphoric ester groups is 1. The first kappa shape index (κ1) is 19.6. The second-order valence-electron chi connectivity index (χ2n) is 7.58. The number of hydrogen-bond acceptors (Lipinski definition) is 3. The Morgan fingerprint density at radius 2 is 1.81 bits per heavy atom. The van der Waals surface area contributed by atoms with Crippen molar-refractivity contribution in [3.8, 4) is 5.75 Å². The molecule has 1 atom stereocenters. The maximum absolute atomic E-state index is 12.4. The number of fused-ring (bicyclic) bond motifs is 1. The average Bonchev–Trinajstić information content (AvgIpc) is 3.03. The van der Waals surface area contributed by atoms with Gasteiger partial charge in [0, 0.05) is 23.5 Å². The van der Waals surface area contributed by atoms with Crippen molar-refractivity contribution in [1.29, 1.82) is 0 Å². The van der Waals surface area contributed by atoms with Gasteiger partial charge in [0.1, 0.15) is 5.75 Å². The van der Waals surface area contributed by atoms with Gasteiger partial charge in [0.05, 0.1) is 34.3 Å². The minimum absolute atomic E-state index is 0.00604. The third-order valence-corrected chi connectivity index (χ3v) is 5.13. The number of H-pyrrole nitrogens is 1. The molecule has 0 spiro atoms. The Bertz CT molecular complexity index is 948. The van der Waals surface area contributed by atoms with E-state index in [0.717, 1.165) is 39.5 Å². The monoisotopic (exact) mass is 389 g/mol. The number of hydrogen-bond donors (Lipinski definition) is 2. The van der Waals surface area contributed by atoms with Crippen molar-refractivity contribution in [2.75, 3.05) is 27.7 Å². The summed E-state index contributed by atoms with van der Waals surface area (Å²) in [6.45, 7) is 0.939. The summed E-state index contributed by atoms with van der Waals surface area (Å²) in [5, 5.41) is 0.823. The van der Waals surface area contributed by atoms with Gasteiger partial charge in [0.15, 0.2) is 0 Å². The third-order valence-electron chi connectivity index (χ3n) is 4.25. The largest absolute Gasteiger partial charge is 0.527 e. The van der Waals surface area contributed by atoms with Crippen molar-refractivity contribution in [2.45, 2.75) is 13.0 Å². The summed E-state index contributed by atoms with van der Waals surface area (Å²) < 4.78 is 23.9. The summed E-state index contributed by atoms with van der Waals surface area (Å²) in [5.74, 6) is 0.351. The van der Waals surface area contributed by atoms with Gasteiger partial charge in [-0.1, -0.05) is 36.4 Å². The minimum Gasteiger partial charge on any atom is -0.403 e. The number of aromatic amines is 1. The molecule has 0 aliphatic carbocycles. The first-order valence-electron chi connectivity index (χ1n) is 8.84. The summed E-state index contributed by atoms with van der Waals surface area (Å²) in [5.41, 5.74) is 2.72. The Morgan fingerprint density at radius 3 is 2.52 bits per heavy atom. The van der Waals surface area contributed by atoms with Gasteiger partial charge in [0.2, 0.25) is 0 Å². The molecular formula is C20H26N2O4P+. The zero-order chi connectivity index (χ0) is 19.5. The van der Waals surface area contributed by atoms with Crippen molar-refractivity contribution in [3.05, 3.63) is 65.9 Å². The summed E-state index contributed by atoms with van der Waals surface area (Å²) in [4.78, 5) is 13.4. The van der Waals surface area contributed by atoms with Crippen molar-refractivity contribution in [3.63, 3.8) is 0 Å². The van der Waals surface area contributed by atoms with Crippen LogP contribution in [-0.4, -0.2) is 42.0 Å². The number of rotatable bonds is 8. The highest BCUT2D eigenvalue weighted by Crippen LogP contribution is 2.47. The molecule has 6 nitrogen and oxygen atoms in total. The predicted octanol–water partition coefficient (Wildman–Crippen LogP) is 4.11. The van der Waals surface area contributed by atoms with Crippen LogP contribution in [0.1, 0.15) is 11.1 Å². The summed E-state index contributed by atoms with van der Waals surface area (Å²) in [6, 6.07) is 14.6. The summed E-state index contributed by atoms with van der Waals surface area (Å²) in [7, 11) is 2.14. The number of quaternary nitrogens is 1. The van der Waals surface area contributed by atoms with Crippen LogP contribution in [-0.2, 0) is 22.1 Å². The normalized spacial score (nSPS) is 14.2. The highest BCUT2D eigenvalue weighted by Gasteiger charge is 2.25. The molecule has 0 fully saturated rings. The van der Waals surface area contributed by atoms with Crippen LogP contribution in [0.15, 0.2) is 54.7 Å². The first-order chi connectivity index (χ1) is 12.7. The van der Waals surface area contributed by atoms with Gasteiger partial charge in [0.25, 0.3) is 0 Å². The van der Waals surface area contributed by atoms with Crippen LogP contribution in [0.2, 0.25) is 0 Å². The molecule has 1 heterocycles. The Hall–Kier alpha value is -2.11. The second kappa shape index (κ2) is 7.87. The highest BCUT2D eigenvalue weighted by atomic mass is 31.2. The molecule has 0 aliphatic heterocycles. The van der Waals surface area contributed by atoms with E-state index < -0.39 is 7.82 Å². The van der Waals surface area contributed by atoms with Crippen LogP contribution in [0.5, 0.6) is 5.75 Å². The van der Waals surface area contributed by atoms with E-state index in [2.05, 4.69) is 26.1 Å². The molecule has 7 heteroatoms.